The first-order valence-electron chi connectivity index (χ1n) is 8.25. The molecule has 1 saturated heterocycles. The van der Waals surface area contributed by atoms with Crippen molar-refractivity contribution in [2.24, 2.45) is 0 Å². The predicted octanol–water partition coefficient (Wildman–Crippen LogP) is 1.28. The molecule has 1 aromatic heterocycles. The highest BCUT2D eigenvalue weighted by Gasteiger charge is 2.30. The molecule has 3 amide bonds. The number of tetrazole rings is 1. The lowest BCUT2D eigenvalue weighted by Gasteiger charge is -2.07. The number of urea groups is 1. The number of nitrogens with one attached hydrogen (secondary N) is 2. The zero-order valence-electron chi connectivity index (χ0n) is 14.4. The van der Waals surface area contributed by atoms with E-state index in [4.69, 9.17) is 4.74 Å². The number of carbonyl (C=O) groups excluding carboxylic acids is 2. The van der Waals surface area contributed by atoms with Crippen LogP contribution < -0.4 is 15.4 Å². The van der Waals surface area contributed by atoms with Crippen molar-refractivity contribution in [3.8, 4) is 17.1 Å². The SMILES string of the molecule is COc1ccc(Cn2nnc(-c3ccc(C4NC(=O)NC4=O)cc3)n2)cc1. The molecular formula is C18H16N6O3. The van der Waals surface area contributed by atoms with Crippen molar-refractivity contribution in [3.63, 3.8) is 0 Å². The zero-order chi connectivity index (χ0) is 18.8. The lowest BCUT2D eigenvalue weighted by atomic mass is 10.0. The molecule has 1 aliphatic heterocycles. The number of methoxy groups -OCH3 is 1. The second-order valence-corrected chi connectivity index (χ2v) is 6.01. The van der Waals surface area contributed by atoms with Gasteiger partial charge in [-0.25, -0.2) is 4.79 Å². The summed E-state index contributed by atoms with van der Waals surface area (Å²) in [5.41, 5.74) is 2.48. The highest BCUT2D eigenvalue weighted by Crippen LogP contribution is 2.21. The summed E-state index contributed by atoms with van der Waals surface area (Å²) >= 11 is 0. The van der Waals surface area contributed by atoms with Crippen LogP contribution in [-0.2, 0) is 11.3 Å². The Balaban J connectivity index is 1.47. The Labute approximate surface area is 154 Å². The van der Waals surface area contributed by atoms with Gasteiger partial charge >= 0.3 is 6.03 Å². The van der Waals surface area contributed by atoms with E-state index in [1.807, 2.05) is 24.3 Å². The molecule has 0 radical (unpaired) electrons. The Morgan fingerprint density at radius 1 is 1.07 bits per heavy atom. The maximum atomic E-state index is 11.7. The van der Waals surface area contributed by atoms with Gasteiger partial charge in [0, 0.05) is 5.56 Å². The molecule has 27 heavy (non-hydrogen) atoms. The molecular weight excluding hydrogens is 348 g/mol. The molecule has 1 atom stereocenters. The van der Waals surface area contributed by atoms with Gasteiger partial charge in [-0.2, -0.15) is 4.80 Å². The maximum Gasteiger partial charge on any atom is 0.322 e. The second kappa shape index (κ2) is 6.87. The third kappa shape index (κ3) is 3.47. The lowest BCUT2D eigenvalue weighted by Crippen LogP contribution is -2.22. The number of ether oxygens (including phenoxy) is 1. The molecule has 0 saturated carbocycles. The first-order chi connectivity index (χ1) is 13.1. The first-order valence-corrected chi connectivity index (χ1v) is 8.25. The van der Waals surface area contributed by atoms with E-state index in [9.17, 15) is 9.59 Å². The van der Waals surface area contributed by atoms with Gasteiger partial charge in [0.2, 0.25) is 5.82 Å². The van der Waals surface area contributed by atoms with Crippen LogP contribution in [0.15, 0.2) is 48.5 Å². The summed E-state index contributed by atoms with van der Waals surface area (Å²) in [7, 11) is 1.62. The van der Waals surface area contributed by atoms with Gasteiger partial charge in [-0.1, -0.05) is 36.4 Å². The molecule has 4 rings (SSSR count). The Kier molecular flexibility index (Phi) is 4.25. The molecule has 0 spiro atoms. The van der Waals surface area contributed by atoms with Gasteiger partial charge in [0.1, 0.15) is 11.8 Å². The van der Waals surface area contributed by atoms with Crippen molar-refractivity contribution in [2.45, 2.75) is 12.6 Å². The fraction of sp³-hybridized carbons (Fsp3) is 0.167. The second-order valence-electron chi connectivity index (χ2n) is 6.01. The summed E-state index contributed by atoms with van der Waals surface area (Å²) in [5, 5.41) is 17.3. The zero-order valence-corrected chi connectivity index (χ0v) is 14.4. The lowest BCUT2D eigenvalue weighted by molar-refractivity contribution is -0.120. The highest BCUT2D eigenvalue weighted by molar-refractivity contribution is 6.04. The van der Waals surface area contributed by atoms with Crippen LogP contribution in [-0.4, -0.2) is 39.3 Å². The Morgan fingerprint density at radius 3 is 2.44 bits per heavy atom. The van der Waals surface area contributed by atoms with Gasteiger partial charge in [0.25, 0.3) is 5.91 Å². The number of aromatic nitrogens is 4. The average Bonchev–Trinajstić information content (AvgIpc) is 3.28. The molecule has 1 unspecified atom stereocenters. The van der Waals surface area contributed by atoms with Crippen molar-refractivity contribution in [3.05, 3.63) is 59.7 Å². The maximum absolute atomic E-state index is 11.7. The number of benzene rings is 2. The minimum absolute atomic E-state index is 0.365. The van der Waals surface area contributed by atoms with Gasteiger partial charge in [0.15, 0.2) is 0 Å². The van der Waals surface area contributed by atoms with E-state index in [1.165, 1.54) is 4.80 Å². The summed E-state index contributed by atoms with van der Waals surface area (Å²) in [6, 6.07) is 13.6. The van der Waals surface area contributed by atoms with E-state index >= 15 is 0 Å². The van der Waals surface area contributed by atoms with E-state index < -0.39 is 12.1 Å². The summed E-state index contributed by atoms with van der Waals surface area (Å²) in [4.78, 5) is 24.5. The molecule has 136 valence electrons. The largest absolute Gasteiger partial charge is 0.497 e. The molecule has 2 heterocycles. The summed E-state index contributed by atoms with van der Waals surface area (Å²) in [5.74, 6) is 0.907. The van der Waals surface area contributed by atoms with Gasteiger partial charge < -0.3 is 10.1 Å². The van der Waals surface area contributed by atoms with E-state index in [2.05, 4.69) is 26.0 Å². The predicted molar refractivity (Wildman–Crippen MR) is 94.8 cm³/mol. The normalized spacial score (nSPS) is 16.1. The molecule has 2 N–H and O–H groups in total. The number of hydrogen-bond acceptors (Lipinski definition) is 6. The Bertz CT molecular complexity index is 981. The third-order valence-electron chi connectivity index (χ3n) is 4.21. The fourth-order valence-corrected chi connectivity index (χ4v) is 2.80. The Morgan fingerprint density at radius 2 is 1.81 bits per heavy atom. The molecule has 1 fully saturated rings. The van der Waals surface area contributed by atoms with Gasteiger partial charge in [0.05, 0.1) is 13.7 Å². The van der Waals surface area contributed by atoms with Crippen molar-refractivity contribution < 1.29 is 14.3 Å². The average molecular weight is 364 g/mol. The summed E-state index contributed by atoms with van der Waals surface area (Å²) < 4.78 is 5.14. The first kappa shape index (κ1) is 16.7. The van der Waals surface area contributed by atoms with Crippen LogP contribution in [0.3, 0.4) is 0 Å². The molecule has 2 aromatic carbocycles. The quantitative estimate of drug-likeness (QED) is 0.660. The number of hydrogen-bond donors (Lipinski definition) is 2. The number of amides is 3. The van der Waals surface area contributed by atoms with Crippen LogP contribution in [0, 0.1) is 0 Å². The van der Waals surface area contributed by atoms with E-state index in [1.54, 1.807) is 31.4 Å². The van der Waals surface area contributed by atoms with Crippen molar-refractivity contribution in [1.29, 1.82) is 0 Å². The molecule has 9 heteroatoms. The number of rotatable bonds is 5. The van der Waals surface area contributed by atoms with Crippen molar-refractivity contribution in [1.82, 2.24) is 30.8 Å². The van der Waals surface area contributed by atoms with E-state index in [-0.39, 0.29) is 5.91 Å². The van der Waals surface area contributed by atoms with E-state index in [0.717, 1.165) is 16.9 Å². The minimum Gasteiger partial charge on any atom is -0.497 e. The monoisotopic (exact) mass is 364 g/mol. The molecule has 1 aliphatic rings. The Hall–Kier alpha value is -3.75. The van der Waals surface area contributed by atoms with E-state index in [0.29, 0.717) is 17.9 Å². The smallest absolute Gasteiger partial charge is 0.322 e. The number of carbonyl (C=O) groups is 2. The van der Waals surface area contributed by atoms with Crippen molar-refractivity contribution in [2.75, 3.05) is 7.11 Å². The van der Waals surface area contributed by atoms with Gasteiger partial charge in [-0.05, 0) is 28.5 Å². The highest BCUT2D eigenvalue weighted by atomic mass is 16.5. The van der Waals surface area contributed by atoms with Crippen LogP contribution in [0.1, 0.15) is 17.2 Å². The topological polar surface area (TPSA) is 111 Å². The standard InChI is InChI=1S/C18H16N6O3/c1-27-14-8-2-11(3-9-14)10-24-22-16(21-23-24)13-6-4-12(5-7-13)15-17(25)20-18(26)19-15/h2-9,15H,10H2,1H3,(H2,19,20,25,26). The van der Waals surface area contributed by atoms with Crippen LogP contribution in [0.2, 0.25) is 0 Å². The van der Waals surface area contributed by atoms with Crippen molar-refractivity contribution >= 4 is 11.9 Å². The van der Waals surface area contributed by atoms with Crippen LogP contribution in [0.4, 0.5) is 4.79 Å². The van der Waals surface area contributed by atoms with Gasteiger partial charge in [-0.3, -0.25) is 10.1 Å². The van der Waals surface area contributed by atoms with Crippen LogP contribution in [0.25, 0.3) is 11.4 Å². The van der Waals surface area contributed by atoms with Crippen LogP contribution in [0.5, 0.6) is 5.75 Å². The molecule has 3 aromatic rings. The number of imide groups is 1. The fourth-order valence-electron chi connectivity index (χ4n) is 2.80. The van der Waals surface area contributed by atoms with Gasteiger partial charge in [-0.15, -0.1) is 10.2 Å². The van der Waals surface area contributed by atoms with Crippen LogP contribution >= 0.6 is 0 Å². The summed E-state index contributed by atoms with van der Waals surface area (Å²) in [6.07, 6.45) is 0. The molecule has 0 bridgehead atoms. The molecule has 9 nitrogen and oxygen atoms in total. The molecule has 0 aliphatic carbocycles. The third-order valence-corrected chi connectivity index (χ3v) is 4.21. The summed E-state index contributed by atoms with van der Waals surface area (Å²) in [6.45, 7) is 0.489. The number of nitrogens with zero attached hydrogens (tertiary/aromatic N) is 4. The minimum atomic E-state index is -0.676.